The largest absolute Gasteiger partial charge is 0.457 e. The molecule has 1 fully saturated rings. The normalized spacial score (nSPS) is 16.9. The van der Waals surface area contributed by atoms with Gasteiger partial charge in [0.05, 0.1) is 11.7 Å². The highest BCUT2D eigenvalue weighted by Crippen LogP contribution is 2.42. The van der Waals surface area contributed by atoms with Gasteiger partial charge in [-0.25, -0.2) is 0 Å². The van der Waals surface area contributed by atoms with Crippen LogP contribution >= 0.6 is 12.2 Å². The van der Waals surface area contributed by atoms with E-state index in [0.29, 0.717) is 5.11 Å². The summed E-state index contributed by atoms with van der Waals surface area (Å²) >= 11 is 5.93. The van der Waals surface area contributed by atoms with Gasteiger partial charge in [0.25, 0.3) is 0 Å². The molecule has 0 radical (unpaired) electrons. The fourth-order valence-corrected chi connectivity index (χ4v) is 5.40. The molecule has 0 unspecified atom stereocenters. The molecule has 1 saturated heterocycles. The van der Waals surface area contributed by atoms with Crippen LogP contribution < -0.4 is 15.0 Å². The maximum absolute atomic E-state index is 6.15. The number of benzene rings is 3. The van der Waals surface area contributed by atoms with Crippen LogP contribution in [0.25, 0.3) is 5.69 Å². The van der Waals surface area contributed by atoms with E-state index < -0.39 is 0 Å². The molecule has 0 saturated carbocycles. The summed E-state index contributed by atoms with van der Waals surface area (Å²) in [5, 5.41) is 4.22. The van der Waals surface area contributed by atoms with Gasteiger partial charge in [-0.15, -0.1) is 0 Å². The van der Waals surface area contributed by atoms with Crippen LogP contribution in [-0.2, 0) is 0 Å². The van der Waals surface area contributed by atoms with Gasteiger partial charge in [-0.1, -0.05) is 36.4 Å². The molecule has 5 nitrogen and oxygen atoms in total. The number of ether oxygens (including phenoxy) is 1. The van der Waals surface area contributed by atoms with Gasteiger partial charge in [0.2, 0.25) is 0 Å². The number of hydrogen-bond acceptors (Lipinski definition) is 3. The Morgan fingerprint density at radius 2 is 1.63 bits per heavy atom. The van der Waals surface area contributed by atoms with Crippen molar-refractivity contribution in [1.29, 1.82) is 0 Å². The van der Waals surface area contributed by atoms with Crippen molar-refractivity contribution in [2.75, 3.05) is 4.90 Å². The van der Waals surface area contributed by atoms with Gasteiger partial charge in [-0.2, -0.15) is 0 Å². The number of para-hydroxylation sites is 1. The maximum atomic E-state index is 6.15. The lowest BCUT2D eigenvalue weighted by Crippen LogP contribution is -2.30. The summed E-state index contributed by atoms with van der Waals surface area (Å²) in [6, 6.07) is 34.7. The second kappa shape index (κ2) is 10.1. The minimum atomic E-state index is -0.120. The smallest absolute Gasteiger partial charge is 0.174 e. The lowest BCUT2D eigenvalue weighted by Gasteiger charge is -2.29. The Morgan fingerprint density at radius 1 is 0.816 bits per heavy atom. The fourth-order valence-electron chi connectivity index (χ4n) is 5.05. The first kappa shape index (κ1) is 23.9. The van der Waals surface area contributed by atoms with Crippen LogP contribution in [0.5, 0.6) is 11.5 Å². The van der Waals surface area contributed by atoms with Gasteiger partial charge in [-0.05, 0) is 104 Å². The molecule has 38 heavy (non-hydrogen) atoms. The summed E-state index contributed by atoms with van der Waals surface area (Å²) in [7, 11) is 0. The molecule has 1 aliphatic heterocycles. The average molecular weight is 517 g/mol. The highest BCUT2D eigenvalue weighted by molar-refractivity contribution is 7.80. The van der Waals surface area contributed by atoms with Crippen molar-refractivity contribution < 1.29 is 4.74 Å². The number of thiocarbonyl (C=S) groups is 1. The third kappa shape index (κ3) is 4.55. The van der Waals surface area contributed by atoms with Crippen molar-refractivity contribution in [1.82, 2.24) is 14.9 Å². The maximum Gasteiger partial charge on any atom is 0.174 e. The number of anilines is 1. The van der Waals surface area contributed by atoms with Crippen molar-refractivity contribution in [3.63, 3.8) is 0 Å². The van der Waals surface area contributed by atoms with Gasteiger partial charge in [0, 0.05) is 29.5 Å². The van der Waals surface area contributed by atoms with Gasteiger partial charge >= 0.3 is 0 Å². The standard InChI is InChI=1S/C32H28N4OS/c1-22-9-7-11-25(21-22)35-20-8-13-28(35)31-30(27-12-5-6-19-33-27)34-32(38)36(31)24-15-17-26(18-16-24)37-29-14-4-3-10-23(29)2/h3-21,30-31H,1-2H3,(H,34,38)/t30-,31-/m0/s1. The number of hydrogen-bond donors (Lipinski definition) is 1. The Morgan fingerprint density at radius 3 is 2.39 bits per heavy atom. The van der Waals surface area contributed by atoms with Crippen molar-refractivity contribution in [3.05, 3.63) is 138 Å². The van der Waals surface area contributed by atoms with E-state index in [9.17, 15) is 0 Å². The van der Waals surface area contributed by atoms with E-state index >= 15 is 0 Å². The Hall–Kier alpha value is -4.42. The highest BCUT2D eigenvalue weighted by Gasteiger charge is 2.42. The van der Waals surface area contributed by atoms with Crippen LogP contribution in [-0.4, -0.2) is 14.7 Å². The van der Waals surface area contributed by atoms with Crippen LogP contribution in [0.1, 0.15) is 34.6 Å². The molecule has 3 heterocycles. The van der Waals surface area contributed by atoms with Crippen LogP contribution in [0.4, 0.5) is 5.69 Å². The monoisotopic (exact) mass is 516 g/mol. The van der Waals surface area contributed by atoms with Crippen molar-refractivity contribution in [2.24, 2.45) is 0 Å². The second-order valence-electron chi connectivity index (χ2n) is 9.50. The summed E-state index contributed by atoms with van der Waals surface area (Å²) in [5.41, 5.74) is 6.48. The van der Waals surface area contributed by atoms with E-state index in [-0.39, 0.29) is 12.1 Å². The molecule has 5 aromatic rings. The summed E-state index contributed by atoms with van der Waals surface area (Å²) < 4.78 is 8.39. The number of aromatic nitrogens is 2. The molecule has 1 aliphatic rings. The molecular weight excluding hydrogens is 488 g/mol. The van der Waals surface area contributed by atoms with E-state index in [4.69, 9.17) is 21.9 Å². The van der Waals surface area contributed by atoms with Gasteiger partial charge < -0.3 is 19.5 Å². The van der Waals surface area contributed by atoms with Crippen LogP contribution in [0.2, 0.25) is 0 Å². The van der Waals surface area contributed by atoms with Crippen molar-refractivity contribution in [2.45, 2.75) is 25.9 Å². The summed E-state index contributed by atoms with van der Waals surface area (Å²) in [6.45, 7) is 4.16. The average Bonchev–Trinajstić information content (AvgIpc) is 3.55. The third-order valence-electron chi connectivity index (χ3n) is 6.90. The minimum Gasteiger partial charge on any atom is -0.457 e. The zero-order valence-electron chi connectivity index (χ0n) is 21.3. The molecule has 0 bridgehead atoms. The molecule has 0 amide bonds. The predicted molar refractivity (Wildman–Crippen MR) is 156 cm³/mol. The molecule has 0 spiro atoms. The Kier molecular flexibility index (Phi) is 6.40. The minimum absolute atomic E-state index is 0.115. The van der Waals surface area contributed by atoms with Gasteiger partial charge in [0.15, 0.2) is 5.11 Å². The van der Waals surface area contributed by atoms with Gasteiger partial charge in [-0.3, -0.25) is 4.98 Å². The molecule has 188 valence electrons. The molecule has 2 aromatic heterocycles. The first-order valence-corrected chi connectivity index (χ1v) is 13.1. The van der Waals surface area contributed by atoms with E-state index in [0.717, 1.165) is 39.8 Å². The second-order valence-corrected chi connectivity index (χ2v) is 9.89. The van der Waals surface area contributed by atoms with E-state index in [2.05, 4.69) is 82.5 Å². The molecular formula is C32H28N4OS. The molecule has 0 aliphatic carbocycles. The zero-order chi connectivity index (χ0) is 26.1. The first-order valence-electron chi connectivity index (χ1n) is 12.7. The first-order chi connectivity index (χ1) is 18.6. The van der Waals surface area contributed by atoms with E-state index in [1.54, 1.807) is 0 Å². The van der Waals surface area contributed by atoms with E-state index in [1.807, 2.05) is 61.7 Å². The van der Waals surface area contributed by atoms with Crippen molar-refractivity contribution >= 4 is 23.0 Å². The highest BCUT2D eigenvalue weighted by atomic mass is 32.1. The molecule has 6 heteroatoms. The number of nitrogens with zero attached hydrogens (tertiary/aromatic N) is 3. The number of nitrogens with one attached hydrogen (secondary N) is 1. The van der Waals surface area contributed by atoms with Crippen LogP contribution in [0, 0.1) is 13.8 Å². The quantitative estimate of drug-likeness (QED) is 0.237. The molecule has 2 atom stereocenters. The predicted octanol–water partition coefficient (Wildman–Crippen LogP) is 7.46. The SMILES string of the molecule is Cc1cccc(-n2cccc2[C@H]2[C@H](c3ccccn3)NC(=S)N2c2ccc(Oc3ccccc3C)cc2)c1. The molecule has 3 aromatic carbocycles. The lowest BCUT2D eigenvalue weighted by molar-refractivity contribution is 0.479. The summed E-state index contributed by atoms with van der Waals surface area (Å²) in [4.78, 5) is 6.88. The van der Waals surface area contributed by atoms with Crippen molar-refractivity contribution in [3.8, 4) is 17.2 Å². The summed E-state index contributed by atoms with van der Waals surface area (Å²) in [6.07, 6.45) is 3.94. The fraction of sp³-hybridized carbons (Fsp3) is 0.125. The topological polar surface area (TPSA) is 42.3 Å². The lowest BCUT2D eigenvalue weighted by atomic mass is 10.0. The Labute approximate surface area is 228 Å². The molecule has 6 rings (SSSR count). The molecule has 1 N–H and O–H groups in total. The zero-order valence-corrected chi connectivity index (χ0v) is 22.1. The Bertz CT molecular complexity index is 1580. The number of pyridine rings is 1. The third-order valence-corrected chi connectivity index (χ3v) is 7.21. The number of rotatable bonds is 6. The van der Waals surface area contributed by atoms with Crippen LogP contribution in [0.15, 0.2) is 116 Å². The van der Waals surface area contributed by atoms with Gasteiger partial charge in [0.1, 0.15) is 17.5 Å². The van der Waals surface area contributed by atoms with Crippen LogP contribution in [0.3, 0.4) is 0 Å². The Balaban J connectivity index is 1.40. The number of aryl methyl sites for hydroxylation is 2. The summed E-state index contributed by atoms with van der Waals surface area (Å²) in [5.74, 6) is 1.63. The van der Waals surface area contributed by atoms with E-state index in [1.165, 1.54) is 5.56 Å².